The quantitative estimate of drug-likeness (QED) is 0.711. The Hall–Kier alpha value is -0.530. The Bertz CT molecular complexity index is 336. The highest BCUT2D eigenvalue weighted by Gasteiger charge is 2.29. The van der Waals surface area contributed by atoms with E-state index in [4.69, 9.17) is 11.6 Å². The van der Waals surface area contributed by atoms with Gasteiger partial charge in [0.15, 0.2) is 0 Å². The molecule has 0 saturated carbocycles. The van der Waals surface area contributed by atoms with Crippen LogP contribution in [0, 0.1) is 0 Å². The van der Waals surface area contributed by atoms with E-state index in [0.29, 0.717) is 6.04 Å². The Morgan fingerprint density at radius 1 is 1.17 bits per heavy atom. The van der Waals surface area contributed by atoms with Gasteiger partial charge < -0.3 is 0 Å². The molecular formula is C16H24ClN. The number of halogens is 1. The summed E-state index contributed by atoms with van der Waals surface area (Å²) in [5.74, 6) is 0.771. The first kappa shape index (κ1) is 13.9. The van der Waals surface area contributed by atoms with Crippen LogP contribution in [0.5, 0.6) is 0 Å². The molecule has 2 heteroatoms. The van der Waals surface area contributed by atoms with Gasteiger partial charge in [-0.2, -0.15) is 0 Å². The Morgan fingerprint density at radius 3 is 2.56 bits per heavy atom. The van der Waals surface area contributed by atoms with Gasteiger partial charge in [-0.3, -0.25) is 4.90 Å². The van der Waals surface area contributed by atoms with Crippen molar-refractivity contribution in [2.24, 2.45) is 0 Å². The molecule has 2 atom stereocenters. The first-order valence-corrected chi connectivity index (χ1v) is 7.74. The lowest BCUT2D eigenvalue weighted by atomic mass is 9.93. The molecule has 1 aliphatic rings. The Kier molecular flexibility index (Phi) is 5.52. The lowest BCUT2D eigenvalue weighted by Gasteiger charge is -2.41. The Morgan fingerprint density at radius 2 is 1.89 bits per heavy atom. The third-order valence-corrected chi connectivity index (χ3v) is 4.38. The molecule has 18 heavy (non-hydrogen) atoms. The molecule has 2 unspecified atom stereocenters. The minimum absolute atomic E-state index is 0.567. The van der Waals surface area contributed by atoms with Crippen molar-refractivity contribution in [2.75, 3.05) is 5.88 Å². The van der Waals surface area contributed by atoms with E-state index in [1.807, 2.05) is 0 Å². The second kappa shape index (κ2) is 7.16. The highest BCUT2D eigenvalue weighted by Crippen LogP contribution is 2.28. The molecule has 1 fully saturated rings. The third-order valence-electron chi connectivity index (χ3n) is 4.02. The van der Waals surface area contributed by atoms with E-state index in [1.54, 1.807) is 0 Å². The summed E-state index contributed by atoms with van der Waals surface area (Å²) in [7, 11) is 0. The first-order valence-electron chi connectivity index (χ1n) is 7.20. The van der Waals surface area contributed by atoms with Crippen molar-refractivity contribution in [1.82, 2.24) is 4.90 Å². The Labute approximate surface area is 116 Å². The number of piperidine rings is 1. The fourth-order valence-electron chi connectivity index (χ4n) is 3.08. The van der Waals surface area contributed by atoms with Gasteiger partial charge in [0, 0.05) is 24.5 Å². The van der Waals surface area contributed by atoms with Crippen LogP contribution >= 0.6 is 11.6 Å². The van der Waals surface area contributed by atoms with E-state index in [1.165, 1.54) is 37.7 Å². The Balaban J connectivity index is 2.07. The summed E-state index contributed by atoms with van der Waals surface area (Å²) in [5, 5.41) is 0. The van der Waals surface area contributed by atoms with Crippen LogP contribution in [-0.2, 0) is 6.54 Å². The number of hydrogen-bond donors (Lipinski definition) is 0. The SMILES string of the molecule is CCCC1CCCC(CCl)N1Cc1ccccc1. The van der Waals surface area contributed by atoms with Gasteiger partial charge in [-0.25, -0.2) is 0 Å². The van der Waals surface area contributed by atoms with Crippen LogP contribution in [0.4, 0.5) is 0 Å². The molecule has 0 amide bonds. The number of benzene rings is 1. The first-order chi connectivity index (χ1) is 8.85. The summed E-state index contributed by atoms with van der Waals surface area (Å²) >= 11 is 6.17. The summed E-state index contributed by atoms with van der Waals surface area (Å²) < 4.78 is 0. The number of hydrogen-bond acceptors (Lipinski definition) is 1. The van der Waals surface area contributed by atoms with Crippen LogP contribution in [0.15, 0.2) is 30.3 Å². The van der Waals surface area contributed by atoms with Gasteiger partial charge in [0.05, 0.1) is 0 Å². The van der Waals surface area contributed by atoms with Crippen LogP contribution in [0.1, 0.15) is 44.6 Å². The maximum Gasteiger partial charge on any atom is 0.0379 e. The molecule has 1 nitrogen and oxygen atoms in total. The van der Waals surface area contributed by atoms with Crippen LogP contribution in [0.25, 0.3) is 0 Å². The summed E-state index contributed by atoms with van der Waals surface area (Å²) in [6.07, 6.45) is 6.52. The van der Waals surface area contributed by atoms with E-state index in [0.717, 1.165) is 18.5 Å². The van der Waals surface area contributed by atoms with Crippen molar-refractivity contribution in [3.63, 3.8) is 0 Å². The molecule has 0 spiro atoms. The second-order valence-corrected chi connectivity index (χ2v) is 5.65. The standard InChI is InChI=1S/C16H24ClN/c1-2-7-15-10-6-11-16(12-17)18(15)13-14-8-4-3-5-9-14/h3-5,8-9,15-16H,2,6-7,10-13H2,1H3. The van der Waals surface area contributed by atoms with Crippen molar-refractivity contribution in [1.29, 1.82) is 0 Å². The van der Waals surface area contributed by atoms with Gasteiger partial charge in [-0.05, 0) is 24.8 Å². The van der Waals surface area contributed by atoms with E-state index < -0.39 is 0 Å². The minimum atomic E-state index is 0.567. The molecule has 2 rings (SSSR count). The number of likely N-dealkylation sites (tertiary alicyclic amines) is 1. The molecular weight excluding hydrogens is 242 g/mol. The monoisotopic (exact) mass is 265 g/mol. The normalized spacial score (nSPS) is 25.2. The van der Waals surface area contributed by atoms with Gasteiger partial charge in [0.2, 0.25) is 0 Å². The van der Waals surface area contributed by atoms with Crippen molar-refractivity contribution < 1.29 is 0 Å². The van der Waals surface area contributed by atoms with E-state index >= 15 is 0 Å². The van der Waals surface area contributed by atoms with Gasteiger partial charge >= 0.3 is 0 Å². The number of alkyl halides is 1. The molecule has 0 N–H and O–H groups in total. The van der Waals surface area contributed by atoms with Crippen LogP contribution < -0.4 is 0 Å². The predicted molar refractivity (Wildman–Crippen MR) is 79.0 cm³/mol. The number of rotatable bonds is 5. The third kappa shape index (κ3) is 3.49. The molecule has 1 aromatic carbocycles. The maximum atomic E-state index is 6.17. The zero-order valence-electron chi connectivity index (χ0n) is 11.3. The maximum absolute atomic E-state index is 6.17. The van der Waals surface area contributed by atoms with Crippen molar-refractivity contribution in [2.45, 2.75) is 57.7 Å². The topological polar surface area (TPSA) is 3.24 Å². The largest absolute Gasteiger partial charge is 0.292 e. The van der Waals surface area contributed by atoms with Crippen LogP contribution in [0.2, 0.25) is 0 Å². The fourth-order valence-corrected chi connectivity index (χ4v) is 3.41. The smallest absolute Gasteiger partial charge is 0.0379 e. The average Bonchev–Trinajstić information content (AvgIpc) is 2.42. The van der Waals surface area contributed by atoms with Crippen molar-refractivity contribution in [3.05, 3.63) is 35.9 Å². The predicted octanol–water partition coefficient (Wildman–Crippen LogP) is 4.45. The summed E-state index contributed by atoms with van der Waals surface area (Å²) in [5.41, 5.74) is 1.41. The van der Waals surface area contributed by atoms with E-state index in [2.05, 4.69) is 42.2 Å². The number of nitrogens with zero attached hydrogens (tertiary/aromatic N) is 1. The lowest BCUT2D eigenvalue weighted by molar-refractivity contribution is 0.0804. The average molecular weight is 266 g/mol. The lowest BCUT2D eigenvalue weighted by Crippen LogP contribution is -2.46. The molecule has 0 radical (unpaired) electrons. The summed E-state index contributed by atoms with van der Waals surface area (Å²) in [6.45, 7) is 3.34. The molecule has 1 saturated heterocycles. The zero-order valence-corrected chi connectivity index (χ0v) is 12.1. The molecule has 0 aliphatic carbocycles. The molecule has 1 heterocycles. The van der Waals surface area contributed by atoms with Crippen molar-refractivity contribution >= 4 is 11.6 Å². The molecule has 0 bridgehead atoms. The summed E-state index contributed by atoms with van der Waals surface area (Å²) in [6, 6.07) is 12.1. The van der Waals surface area contributed by atoms with Crippen LogP contribution in [-0.4, -0.2) is 22.9 Å². The van der Waals surface area contributed by atoms with Gasteiger partial charge in [0.25, 0.3) is 0 Å². The zero-order chi connectivity index (χ0) is 12.8. The second-order valence-electron chi connectivity index (χ2n) is 5.34. The fraction of sp³-hybridized carbons (Fsp3) is 0.625. The van der Waals surface area contributed by atoms with Gasteiger partial charge in [-0.15, -0.1) is 11.6 Å². The molecule has 100 valence electrons. The summed E-state index contributed by atoms with van der Waals surface area (Å²) in [4.78, 5) is 2.65. The minimum Gasteiger partial charge on any atom is -0.292 e. The van der Waals surface area contributed by atoms with E-state index in [-0.39, 0.29) is 0 Å². The molecule has 0 aromatic heterocycles. The van der Waals surface area contributed by atoms with Crippen molar-refractivity contribution in [3.8, 4) is 0 Å². The highest BCUT2D eigenvalue weighted by molar-refractivity contribution is 6.18. The van der Waals surface area contributed by atoms with Crippen LogP contribution in [0.3, 0.4) is 0 Å². The van der Waals surface area contributed by atoms with E-state index in [9.17, 15) is 0 Å². The molecule has 1 aliphatic heterocycles. The van der Waals surface area contributed by atoms with Gasteiger partial charge in [-0.1, -0.05) is 50.1 Å². The molecule has 1 aromatic rings. The van der Waals surface area contributed by atoms with Gasteiger partial charge in [0.1, 0.15) is 0 Å². The highest BCUT2D eigenvalue weighted by atomic mass is 35.5.